The molecule has 1 amide bonds. The largest absolute Gasteiger partial charge is 0.448 e. The van der Waals surface area contributed by atoms with Crippen LogP contribution in [-0.4, -0.2) is 35.8 Å². The lowest BCUT2D eigenvalue weighted by Gasteiger charge is -2.18. The van der Waals surface area contributed by atoms with Gasteiger partial charge in [-0.3, -0.25) is 0 Å². The number of carbonyl (C=O) groups excluding carboxylic acids is 1. The first-order valence-electron chi connectivity index (χ1n) is 5.02. The molecule has 16 heavy (non-hydrogen) atoms. The molecular weight excluding hydrogens is 230 g/mol. The van der Waals surface area contributed by atoms with Gasteiger partial charge in [0.1, 0.15) is 6.61 Å². The van der Waals surface area contributed by atoms with Crippen LogP contribution < -0.4 is 0 Å². The van der Waals surface area contributed by atoms with E-state index >= 15 is 0 Å². The first-order chi connectivity index (χ1) is 7.68. The molecule has 2 rings (SSSR count). The molecule has 1 heterocycles. The highest BCUT2D eigenvalue weighted by atomic mass is 35.5. The van der Waals surface area contributed by atoms with E-state index in [9.17, 15) is 9.90 Å². The minimum absolute atomic E-state index is 0.211. The molecule has 1 atom stereocenters. The van der Waals surface area contributed by atoms with Crippen LogP contribution in [0.4, 0.5) is 4.79 Å². The molecule has 0 saturated carbocycles. The summed E-state index contributed by atoms with van der Waals surface area (Å²) in [7, 11) is 0. The Balaban J connectivity index is 2.05. The van der Waals surface area contributed by atoms with E-state index in [0.29, 0.717) is 23.7 Å². The van der Waals surface area contributed by atoms with Gasteiger partial charge in [-0.25, -0.2) is 4.79 Å². The quantitative estimate of drug-likeness (QED) is 0.878. The lowest BCUT2D eigenvalue weighted by atomic mass is 10.1. The first kappa shape index (κ1) is 11.2. The second kappa shape index (κ2) is 4.72. The van der Waals surface area contributed by atoms with Gasteiger partial charge in [0.2, 0.25) is 0 Å². The highest BCUT2D eigenvalue weighted by Crippen LogP contribution is 2.23. The van der Waals surface area contributed by atoms with E-state index in [1.165, 1.54) is 4.90 Å². The molecule has 5 heteroatoms. The van der Waals surface area contributed by atoms with E-state index in [1.807, 2.05) is 0 Å². The third-order valence-corrected chi connectivity index (χ3v) is 2.85. The number of rotatable bonds is 3. The van der Waals surface area contributed by atoms with Crippen molar-refractivity contribution in [2.24, 2.45) is 0 Å². The van der Waals surface area contributed by atoms with Crippen molar-refractivity contribution in [2.75, 3.05) is 19.7 Å². The standard InChI is InChI=1S/C11H12ClNO3/c12-9-4-2-1-3-8(9)10(14)7-13-5-6-16-11(13)15/h1-4,10,14H,5-7H2. The maximum absolute atomic E-state index is 11.2. The van der Waals surface area contributed by atoms with Crippen molar-refractivity contribution in [3.05, 3.63) is 34.9 Å². The predicted octanol–water partition coefficient (Wildman–Crippen LogP) is 1.83. The van der Waals surface area contributed by atoms with E-state index < -0.39 is 6.10 Å². The molecule has 1 N–H and O–H groups in total. The predicted molar refractivity (Wildman–Crippen MR) is 59.3 cm³/mol. The first-order valence-corrected chi connectivity index (χ1v) is 5.40. The number of aliphatic hydroxyl groups is 1. The Morgan fingerprint density at radius 1 is 1.50 bits per heavy atom. The maximum atomic E-state index is 11.2. The number of β-amino-alcohol motifs (C(OH)–C–C–N with tert-alkyl or cyclic N) is 1. The lowest BCUT2D eigenvalue weighted by molar-refractivity contribution is 0.118. The zero-order valence-corrected chi connectivity index (χ0v) is 9.35. The molecule has 0 aromatic heterocycles. The monoisotopic (exact) mass is 241 g/mol. The Bertz CT molecular complexity index is 397. The van der Waals surface area contributed by atoms with Crippen molar-refractivity contribution in [1.82, 2.24) is 4.90 Å². The number of benzene rings is 1. The molecule has 86 valence electrons. The summed E-state index contributed by atoms with van der Waals surface area (Å²) in [5.74, 6) is 0. The normalized spacial score (nSPS) is 17.4. The Morgan fingerprint density at radius 3 is 2.88 bits per heavy atom. The van der Waals surface area contributed by atoms with Gasteiger partial charge < -0.3 is 14.7 Å². The highest BCUT2D eigenvalue weighted by Gasteiger charge is 2.25. The Hall–Kier alpha value is -1.26. The molecule has 0 bridgehead atoms. The Morgan fingerprint density at radius 2 is 2.25 bits per heavy atom. The number of aliphatic hydroxyl groups excluding tert-OH is 1. The molecule has 1 aromatic carbocycles. The van der Waals surface area contributed by atoms with E-state index in [2.05, 4.69) is 0 Å². The van der Waals surface area contributed by atoms with Gasteiger partial charge in [0.15, 0.2) is 0 Å². The van der Waals surface area contributed by atoms with Gasteiger partial charge in [0.05, 0.1) is 19.2 Å². The average Bonchev–Trinajstić information content (AvgIpc) is 2.65. The third kappa shape index (κ3) is 2.28. The Labute approximate surface area is 98.4 Å². The lowest BCUT2D eigenvalue weighted by Crippen LogP contribution is -2.29. The molecule has 1 aliphatic rings. The number of hydrogen-bond donors (Lipinski definition) is 1. The van der Waals surface area contributed by atoms with Crippen LogP contribution in [0, 0.1) is 0 Å². The van der Waals surface area contributed by atoms with Crippen molar-refractivity contribution in [3.63, 3.8) is 0 Å². The molecule has 4 nitrogen and oxygen atoms in total. The number of cyclic esters (lactones) is 1. The van der Waals surface area contributed by atoms with Gasteiger partial charge in [-0.05, 0) is 6.07 Å². The van der Waals surface area contributed by atoms with E-state index in [0.717, 1.165) is 0 Å². The molecule has 0 radical (unpaired) electrons. The average molecular weight is 242 g/mol. The number of halogens is 1. The maximum Gasteiger partial charge on any atom is 0.410 e. The molecule has 1 saturated heterocycles. The van der Waals surface area contributed by atoms with Gasteiger partial charge in [0, 0.05) is 10.6 Å². The van der Waals surface area contributed by atoms with Gasteiger partial charge >= 0.3 is 6.09 Å². The van der Waals surface area contributed by atoms with Crippen LogP contribution >= 0.6 is 11.6 Å². The van der Waals surface area contributed by atoms with E-state index in [1.54, 1.807) is 24.3 Å². The summed E-state index contributed by atoms with van der Waals surface area (Å²) < 4.78 is 4.78. The summed E-state index contributed by atoms with van der Waals surface area (Å²) >= 11 is 5.95. The fourth-order valence-electron chi connectivity index (χ4n) is 1.64. The van der Waals surface area contributed by atoms with Crippen molar-refractivity contribution in [1.29, 1.82) is 0 Å². The zero-order valence-electron chi connectivity index (χ0n) is 8.60. The second-order valence-electron chi connectivity index (χ2n) is 3.60. The van der Waals surface area contributed by atoms with Gasteiger partial charge in [0.25, 0.3) is 0 Å². The smallest absolute Gasteiger partial charge is 0.410 e. The van der Waals surface area contributed by atoms with Crippen molar-refractivity contribution >= 4 is 17.7 Å². The van der Waals surface area contributed by atoms with E-state index in [-0.39, 0.29) is 12.6 Å². The molecular formula is C11H12ClNO3. The summed E-state index contributed by atoms with van der Waals surface area (Å²) in [6, 6.07) is 7.05. The topological polar surface area (TPSA) is 49.8 Å². The minimum atomic E-state index is -0.778. The molecule has 0 aliphatic carbocycles. The van der Waals surface area contributed by atoms with Crippen LogP contribution in [0.1, 0.15) is 11.7 Å². The van der Waals surface area contributed by atoms with Crippen LogP contribution in [-0.2, 0) is 4.74 Å². The van der Waals surface area contributed by atoms with Crippen molar-refractivity contribution in [3.8, 4) is 0 Å². The summed E-state index contributed by atoms with van der Waals surface area (Å²) in [5, 5.41) is 10.4. The number of amides is 1. The molecule has 1 aromatic rings. The molecule has 1 unspecified atom stereocenters. The van der Waals surface area contributed by atoms with Gasteiger partial charge in [-0.1, -0.05) is 29.8 Å². The van der Waals surface area contributed by atoms with Crippen LogP contribution in [0.15, 0.2) is 24.3 Å². The summed E-state index contributed by atoms with van der Waals surface area (Å²) in [4.78, 5) is 12.7. The summed E-state index contributed by atoms with van der Waals surface area (Å²) in [6.07, 6.45) is -1.16. The number of ether oxygens (including phenoxy) is 1. The van der Waals surface area contributed by atoms with Gasteiger partial charge in [-0.15, -0.1) is 0 Å². The van der Waals surface area contributed by atoms with Crippen LogP contribution in [0.5, 0.6) is 0 Å². The third-order valence-electron chi connectivity index (χ3n) is 2.50. The number of nitrogens with zero attached hydrogens (tertiary/aromatic N) is 1. The fraction of sp³-hybridized carbons (Fsp3) is 0.364. The number of carbonyl (C=O) groups is 1. The highest BCUT2D eigenvalue weighted by molar-refractivity contribution is 6.31. The van der Waals surface area contributed by atoms with Crippen molar-refractivity contribution < 1.29 is 14.6 Å². The molecule has 1 aliphatic heterocycles. The van der Waals surface area contributed by atoms with E-state index in [4.69, 9.17) is 16.3 Å². The fourth-order valence-corrected chi connectivity index (χ4v) is 1.91. The molecule has 0 spiro atoms. The molecule has 1 fully saturated rings. The summed E-state index contributed by atoms with van der Waals surface area (Å²) in [6.45, 7) is 1.11. The zero-order chi connectivity index (χ0) is 11.5. The van der Waals surface area contributed by atoms with Crippen LogP contribution in [0.2, 0.25) is 5.02 Å². The van der Waals surface area contributed by atoms with Crippen LogP contribution in [0.3, 0.4) is 0 Å². The summed E-state index contributed by atoms with van der Waals surface area (Å²) in [5.41, 5.74) is 0.629. The second-order valence-corrected chi connectivity index (χ2v) is 4.00. The van der Waals surface area contributed by atoms with Crippen molar-refractivity contribution in [2.45, 2.75) is 6.10 Å². The SMILES string of the molecule is O=C1OCCN1CC(O)c1ccccc1Cl. The minimum Gasteiger partial charge on any atom is -0.448 e. The Kier molecular flexibility index (Phi) is 3.31. The van der Waals surface area contributed by atoms with Crippen LogP contribution in [0.25, 0.3) is 0 Å². The number of hydrogen-bond acceptors (Lipinski definition) is 3. The van der Waals surface area contributed by atoms with Gasteiger partial charge in [-0.2, -0.15) is 0 Å².